The van der Waals surface area contributed by atoms with E-state index in [1.807, 2.05) is 0 Å². The first-order valence-corrected chi connectivity index (χ1v) is 6.48. The largest absolute Gasteiger partial charge is 0.478 e. The van der Waals surface area contributed by atoms with Gasteiger partial charge in [0.25, 0.3) is 0 Å². The molecule has 1 aliphatic rings. The Morgan fingerprint density at radius 1 is 1.26 bits per heavy atom. The maximum absolute atomic E-state index is 11.0. The van der Waals surface area contributed by atoms with Gasteiger partial charge in [0.2, 0.25) is 0 Å². The number of nitrogens with zero attached hydrogens (tertiary/aromatic N) is 1. The topological polar surface area (TPSA) is 66.0 Å². The maximum atomic E-state index is 11.0. The second-order valence-corrected chi connectivity index (χ2v) is 6.54. The molecule has 0 saturated heterocycles. The molecule has 1 fully saturated rings. The first-order valence-electron chi connectivity index (χ1n) is 6.48. The minimum absolute atomic E-state index is 0.219. The summed E-state index contributed by atoms with van der Waals surface area (Å²) >= 11 is 0. The van der Waals surface area contributed by atoms with Crippen LogP contribution in [0.5, 0.6) is 0 Å². The number of imidazole rings is 1. The highest BCUT2D eigenvalue weighted by atomic mass is 16.4. The number of carboxylic acid groups (broad SMARTS) is 1. The minimum atomic E-state index is -0.912. The summed E-state index contributed by atoms with van der Waals surface area (Å²) in [6.07, 6.45) is 0. The summed E-state index contributed by atoms with van der Waals surface area (Å²) < 4.78 is 0. The average molecular weight is 258 g/mol. The van der Waals surface area contributed by atoms with Crippen molar-refractivity contribution < 1.29 is 9.90 Å². The molecule has 1 aromatic heterocycles. The van der Waals surface area contributed by atoms with Crippen molar-refractivity contribution in [3.05, 3.63) is 29.6 Å². The van der Waals surface area contributed by atoms with Crippen LogP contribution in [-0.4, -0.2) is 21.0 Å². The SMILES string of the molecule is CC1(C)C(c2nc3ccc(C(=O)O)cc3[nH]2)C1(C)C. The van der Waals surface area contributed by atoms with Crippen LogP contribution in [0.15, 0.2) is 18.2 Å². The highest BCUT2D eigenvalue weighted by Gasteiger charge is 2.66. The van der Waals surface area contributed by atoms with Crippen LogP contribution in [-0.2, 0) is 0 Å². The lowest BCUT2D eigenvalue weighted by Gasteiger charge is -2.03. The number of aromatic nitrogens is 2. The Hall–Kier alpha value is -1.84. The molecule has 0 aliphatic heterocycles. The normalized spacial score (nSPS) is 20.6. The Bertz CT molecular complexity index is 669. The minimum Gasteiger partial charge on any atom is -0.478 e. The van der Waals surface area contributed by atoms with Gasteiger partial charge < -0.3 is 10.1 Å². The predicted molar refractivity (Wildman–Crippen MR) is 73.4 cm³/mol. The van der Waals surface area contributed by atoms with Crippen molar-refractivity contribution in [2.24, 2.45) is 10.8 Å². The van der Waals surface area contributed by atoms with Crippen LogP contribution in [0.25, 0.3) is 11.0 Å². The van der Waals surface area contributed by atoms with Gasteiger partial charge in [-0.1, -0.05) is 27.7 Å². The molecule has 2 N–H and O–H groups in total. The van der Waals surface area contributed by atoms with E-state index in [1.54, 1.807) is 18.2 Å². The molecule has 0 amide bonds. The van der Waals surface area contributed by atoms with Crippen LogP contribution in [0.3, 0.4) is 0 Å². The Morgan fingerprint density at radius 2 is 1.89 bits per heavy atom. The Labute approximate surface area is 111 Å². The molecule has 3 rings (SSSR count). The number of rotatable bonds is 2. The van der Waals surface area contributed by atoms with Crippen LogP contribution >= 0.6 is 0 Å². The van der Waals surface area contributed by atoms with Crippen molar-refractivity contribution in [1.29, 1.82) is 0 Å². The molecule has 100 valence electrons. The number of nitrogens with one attached hydrogen (secondary N) is 1. The van der Waals surface area contributed by atoms with E-state index in [1.165, 1.54) is 0 Å². The summed E-state index contributed by atoms with van der Waals surface area (Å²) in [6, 6.07) is 5.01. The molecule has 4 nitrogen and oxygen atoms in total. The zero-order chi connectivity index (χ0) is 14.0. The van der Waals surface area contributed by atoms with E-state index < -0.39 is 5.97 Å². The fourth-order valence-corrected chi connectivity index (χ4v) is 3.18. The molecule has 1 saturated carbocycles. The number of hydrogen-bond acceptors (Lipinski definition) is 2. The monoisotopic (exact) mass is 258 g/mol. The van der Waals surface area contributed by atoms with Gasteiger partial charge in [-0.3, -0.25) is 0 Å². The van der Waals surface area contributed by atoms with Gasteiger partial charge in [0.05, 0.1) is 16.6 Å². The van der Waals surface area contributed by atoms with Crippen molar-refractivity contribution >= 4 is 17.0 Å². The van der Waals surface area contributed by atoms with E-state index in [2.05, 4.69) is 37.7 Å². The number of benzene rings is 1. The lowest BCUT2D eigenvalue weighted by Crippen LogP contribution is -1.95. The maximum Gasteiger partial charge on any atom is 0.335 e. The van der Waals surface area contributed by atoms with Crippen molar-refractivity contribution in [1.82, 2.24) is 9.97 Å². The van der Waals surface area contributed by atoms with E-state index in [9.17, 15) is 4.79 Å². The number of carbonyl (C=O) groups is 1. The Morgan fingerprint density at radius 3 is 2.42 bits per heavy atom. The number of hydrogen-bond donors (Lipinski definition) is 2. The van der Waals surface area contributed by atoms with Crippen molar-refractivity contribution in [2.75, 3.05) is 0 Å². The zero-order valence-electron chi connectivity index (χ0n) is 11.6. The van der Waals surface area contributed by atoms with E-state index in [4.69, 9.17) is 5.11 Å². The summed E-state index contributed by atoms with van der Waals surface area (Å²) in [7, 11) is 0. The molecule has 0 unspecified atom stereocenters. The van der Waals surface area contributed by atoms with E-state index >= 15 is 0 Å². The van der Waals surface area contributed by atoms with Crippen molar-refractivity contribution in [3.63, 3.8) is 0 Å². The highest BCUT2D eigenvalue weighted by molar-refractivity contribution is 5.92. The molecule has 4 heteroatoms. The second kappa shape index (κ2) is 3.38. The van der Waals surface area contributed by atoms with Crippen molar-refractivity contribution in [3.8, 4) is 0 Å². The first-order chi connectivity index (χ1) is 8.75. The standard InChI is InChI=1S/C15H18N2O2/c1-14(2)11(15(14,3)4)12-16-9-6-5-8(13(18)19)7-10(9)17-12/h5-7,11H,1-4H3,(H,16,17)(H,18,19). The van der Waals surface area contributed by atoms with Gasteiger partial charge in [-0.25, -0.2) is 9.78 Å². The number of H-pyrrole nitrogens is 1. The van der Waals surface area contributed by atoms with Crippen LogP contribution < -0.4 is 0 Å². The smallest absolute Gasteiger partial charge is 0.335 e. The lowest BCUT2D eigenvalue weighted by atomic mass is 10.0. The third-order valence-electron chi connectivity index (χ3n) is 5.04. The van der Waals surface area contributed by atoms with Gasteiger partial charge in [-0.05, 0) is 29.0 Å². The van der Waals surface area contributed by atoms with Crippen molar-refractivity contribution in [2.45, 2.75) is 33.6 Å². The van der Waals surface area contributed by atoms with Gasteiger partial charge in [0.15, 0.2) is 0 Å². The third kappa shape index (κ3) is 1.52. The molecule has 0 bridgehead atoms. The lowest BCUT2D eigenvalue weighted by molar-refractivity contribution is 0.0697. The molecule has 1 heterocycles. The zero-order valence-corrected chi connectivity index (χ0v) is 11.6. The fourth-order valence-electron chi connectivity index (χ4n) is 3.18. The molecule has 1 aromatic carbocycles. The predicted octanol–water partition coefficient (Wildman–Crippen LogP) is 3.41. The number of carboxylic acids is 1. The third-order valence-corrected chi connectivity index (χ3v) is 5.04. The number of aromatic amines is 1. The van der Waals surface area contributed by atoms with Gasteiger partial charge in [-0.2, -0.15) is 0 Å². The number of fused-ring (bicyclic) bond motifs is 1. The first kappa shape index (κ1) is 12.2. The van der Waals surface area contributed by atoms with Crippen LogP contribution in [0.2, 0.25) is 0 Å². The van der Waals surface area contributed by atoms with Crippen LogP contribution in [0, 0.1) is 10.8 Å². The average Bonchev–Trinajstić information content (AvgIpc) is 2.62. The molecule has 2 aromatic rings. The highest BCUT2D eigenvalue weighted by Crippen LogP contribution is 2.73. The van der Waals surface area contributed by atoms with E-state index in [0.717, 1.165) is 16.9 Å². The molecule has 0 atom stereocenters. The number of aromatic carboxylic acids is 1. The molecule has 0 spiro atoms. The molecular formula is C15H18N2O2. The molecule has 1 aliphatic carbocycles. The quantitative estimate of drug-likeness (QED) is 0.867. The van der Waals surface area contributed by atoms with E-state index in [0.29, 0.717) is 5.92 Å². The molecule has 19 heavy (non-hydrogen) atoms. The van der Waals surface area contributed by atoms with Crippen LogP contribution in [0.4, 0.5) is 0 Å². The summed E-state index contributed by atoms with van der Waals surface area (Å²) in [4.78, 5) is 18.9. The molecular weight excluding hydrogens is 240 g/mol. The molecule has 0 radical (unpaired) electrons. The summed E-state index contributed by atoms with van der Waals surface area (Å²) in [5.74, 6) is 0.443. The fraction of sp³-hybridized carbons (Fsp3) is 0.467. The summed E-state index contributed by atoms with van der Waals surface area (Å²) in [6.45, 7) is 8.97. The van der Waals surface area contributed by atoms with E-state index in [-0.39, 0.29) is 16.4 Å². The summed E-state index contributed by atoms with van der Waals surface area (Å²) in [5.41, 5.74) is 2.36. The van der Waals surface area contributed by atoms with Crippen LogP contribution in [0.1, 0.15) is 49.8 Å². The second-order valence-electron chi connectivity index (χ2n) is 6.54. The van der Waals surface area contributed by atoms with Gasteiger partial charge in [0, 0.05) is 5.92 Å². The summed E-state index contributed by atoms with van der Waals surface area (Å²) in [5, 5.41) is 9.00. The van der Waals surface area contributed by atoms with Gasteiger partial charge >= 0.3 is 5.97 Å². The Balaban J connectivity index is 2.07. The van der Waals surface area contributed by atoms with Gasteiger partial charge in [-0.15, -0.1) is 0 Å². The van der Waals surface area contributed by atoms with Gasteiger partial charge in [0.1, 0.15) is 5.82 Å². The Kier molecular flexibility index (Phi) is 2.17.